The van der Waals surface area contributed by atoms with E-state index in [0.29, 0.717) is 23.4 Å². The van der Waals surface area contributed by atoms with Gasteiger partial charge in [0.1, 0.15) is 12.9 Å². The fraction of sp³-hybridized carbons (Fsp3) is 0.556. The molecule has 5 heteroatoms. The molecule has 0 saturated carbocycles. The number of benzene rings is 1. The van der Waals surface area contributed by atoms with Crippen molar-refractivity contribution in [3.05, 3.63) is 23.8 Å². The maximum absolute atomic E-state index is 10.6. The second-order valence-electron chi connectivity index (χ2n) is 5.56. The van der Waals surface area contributed by atoms with Gasteiger partial charge < -0.3 is 15.3 Å². The van der Waals surface area contributed by atoms with Gasteiger partial charge in [-0.15, -0.1) is 0 Å². The number of para-hydroxylation sites is 1. The third-order valence-corrected chi connectivity index (χ3v) is 3.78. The molecule has 0 aliphatic carbocycles. The van der Waals surface area contributed by atoms with Gasteiger partial charge in [0.25, 0.3) is 0 Å². The Kier molecular flexibility index (Phi) is 9.52. The van der Waals surface area contributed by atoms with Crippen molar-refractivity contribution >= 4 is 17.8 Å². The van der Waals surface area contributed by atoms with Crippen LogP contribution in [0.1, 0.15) is 63.9 Å². The molecule has 0 aliphatic heterocycles. The van der Waals surface area contributed by atoms with Gasteiger partial charge in [0, 0.05) is 5.56 Å². The summed E-state index contributed by atoms with van der Waals surface area (Å²) in [7, 11) is 1.50. The van der Waals surface area contributed by atoms with Crippen LogP contribution in [0.2, 0.25) is 0 Å². The number of aromatic hydroxyl groups is 1. The lowest BCUT2D eigenvalue weighted by atomic mass is 10.0. The average molecular weight is 320 g/mol. The number of hydrogen-bond donors (Lipinski definition) is 2. The summed E-state index contributed by atoms with van der Waals surface area (Å²) in [6.45, 7) is 2.22. The fourth-order valence-corrected chi connectivity index (χ4v) is 2.55. The zero-order valence-corrected chi connectivity index (χ0v) is 14.2. The van der Waals surface area contributed by atoms with Crippen LogP contribution in [0.15, 0.2) is 23.4 Å². The number of unbranched alkanes of at least 4 members (excludes halogenated alkanes) is 6. The molecule has 1 amide bonds. The minimum atomic E-state index is 0.0262. The number of carbonyl (C=O) groups excluding carboxylic acids is 1. The first-order valence-electron chi connectivity index (χ1n) is 8.37. The first kappa shape index (κ1) is 19.0. The van der Waals surface area contributed by atoms with Crippen LogP contribution in [0, 0.1) is 0 Å². The standard InChI is InChI=1S/C18H28N2O3/c1-3-4-5-6-7-8-9-12-16(20-23-2)15-11-10-13-17(18(15)22)19-14-21/h10-11,13-14,22H,3-9,12H2,1-2H3,(H,19,21). The normalized spacial score (nSPS) is 11.3. The Morgan fingerprint density at radius 1 is 1.22 bits per heavy atom. The van der Waals surface area contributed by atoms with E-state index in [0.717, 1.165) is 19.3 Å². The monoisotopic (exact) mass is 320 g/mol. The fourth-order valence-electron chi connectivity index (χ4n) is 2.55. The Balaban J connectivity index is 2.60. The minimum Gasteiger partial charge on any atom is -0.505 e. The summed E-state index contributed by atoms with van der Waals surface area (Å²) in [6, 6.07) is 5.20. The summed E-state index contributed by atoms with van der Waals surface area (Å²) < 4.78 is 0. The number of anilines is 1. The highest BCUT2D eigenvalue weighted by Gasteiger charge is 2.13. The van der Waals surface area contributed by atoms with Gasteiger partial charge >= 0.3 is 0 Å². The van der Waals surface area contributed by atoms with E-state index >= 15 is 0 Å². The first-order chi connectivity index (χ1) is 11.2. The molecule has 1 aromatic carbocycles. The van der Waals surface area contributed by atoms with Crippen molar-refractivity contribution in [2.24, 2.45) is 5.16 Å². The van der Waals surface area contributed by atoms with Crippen molar-refractivity contribution in [1.29, 1.82) is 0 Å². The molecule has 23 heavy (non-hydrogen) atoms. The third kappa shape index (κ3) is 6.72. The number of hydrogen-bond acceptors (Lipinski definition) is 4. The van der Waals surface area contributed by atoms with Crippen molar-refractivity contribution < 1.29 is 14.7 Å². The molecule has 0 spiro atoms. The Morgan fingerprint density at radius 2 is 1.91 bits per heavy atom. The average Bonchev–Trinajstić information content (AvgIpc) is 2.55. The quantitative estimate of drug-likeness (QED) is 0.196. The molecule has 0 fully saturated rings. The summed E-state index contributed by atoms with van der Waals surface area (Å²) in [5.41, 5.74) is 1.68. The molecular weight excluding hydrogens is 292 g/mol. The van der Waals surface area contributed by atoms with Crippen LogP contribution in [0.3, 0.4) is 0 Å². The molecule has 128 valence electrons. The van der Waals surface area contributed by atoms with E-state index in [1.54, 1.807) is 18.2 Å². The molecule has 2 N–H and O–H groups in total. The highest BCUT2D eigenvalue weighted by molar-refractivity contribution is 6.04. The summed E-state index contributed by atoms with van der Waals surface area (Å²) in [5, 5.41) is 16.8. The Bertz CT molecular complexity index is 501. The Morgan fingerprint density at radius 3 is 2.57 bits per heavy atom. The Hall–Kier alpha value is -2.04. The van der Waals surface area contributed by atoms with Crippen molar-refractivity contribution in [3.63, 3.8) is 0 Å². The van der Waals surface area contributed by atoms with Crippen LogP contribution in [0.5, 0.6) is 5.75 Å². The number of rotatable bonds is 12. The summed E-state index contributed by atoms with van der Waals surface area (Å²) in [5.74, 6) is 0.0262. The predicted octanol–water partition coefficient (Wildman–Crippen LogP) is 4.45. The van der Waals surface area contributed by atoms with E-state index in [-0.39, 0.29) is 5.75 Å². The van der Waals surface area contributed by atoms with Gasteiger partial charge in [0.05, 0.1) is 11.4 Å². The number of oxime groups is 1. The second kappa shape index (κ2) is 11.5. The van der Waals surface area contributed by atoms with E-state index in [9.17, 15) is 9.90 Å². The smallest absolute Gasteiger partial charge is 0.211 e. The molecule has 1 rings (SSSR count). The first-order valence-corrected chi connectivity index (χ1v) is 8.37. The number of phenols is 1. The number of nitrogens with one attached hydrogen (secondary N) is 1. The number of carbonyl (C=O) groups is 1. The number of phenolic OH excluding ortho intramolecular Hbond substituents is 1. The van der Waals surface area contributed by atoms with Gasteiger partial charge in [0.15, 0.2) is 0 Å². The molecular formula is C18H28N2O3. The van der Waals surface area contributed by atoms with Crippen molar-refractivity contribution in [3.8, 4) is 5.75 Å². The molecule has 0 heterocycles. The molecule has 0 unspecified atom stereocenters. The van der Waals surface area contributed by atoms with Crippen molar-refractivity contribution in [2.75, 3.05) is 12.4 Å². The number of nitrogens with zero attached hydrogens (tertiary/aromatic N) is 1. The molecule has 0 radical (unpaired) electrons. The lowest BCUT2D eigenvalue weighted by Crippen LogP contribution is -2.04. The molecule has 0 aliphatic rings. The maximum atomic E-state index is 10.6. The van der Waals surface area contributed by atoms with Crippen LogP contribution >= 0.6 is 0 Å². The van der Waals surface area contributed by atoms with Gasteiger partial charge in [-0.1, -0.05) is 56.7 Å². The predicted molar refractivity (Wildman–Crippen MR) is 93.9 cm³/mol. The van der Waals surface area contributed by atoms with Gasteiger partial charge in [0.2, 0.25) is 6.41 Å². The largest absolute Gasteiger partial charge is 0.505 e. The summed E-state index contributed by atoms with van der Waals surface area (Å²) in [4.78, 5) is 15.5. The van der Waals surface area contributed by atoms with E-state index < -0.39 is 0 Å². The highest BCUT2D eigenvalue weighted by atomic mass is 16.6. The van der Waals surface area contributed by atoms with Gasteiger partial charge in [-0.05, 0) is 25.0 Å². The SMILES string of the molecule is CCCCCCCCCC(=NOC)c1cccc(NC=O)c1O. The number of amides is 1. The summed E-state index contributed by atoms with van der Waals surface area (Å²) in [6.07, 6.45) is 9.78. The topological polar surface area (TPSA) is 70.9 Å². The van der Waals surface area contributed by atoms with E-state index in [4.69, 9.17) is 4.84 Å². The van der Waals surface area contributed by atoms with Gasteiger partial charge in [-0.3, -0.25) is 4.79 Å². The molecule has 1 aromatic rings. The van der Waals surface area contributed by atoms with Crippen LogP contribution in [0.4, 0.5) is 5.69 Å². The Labute approximate surface area is 138 Å². The van der Waals surface area contributed by atoms with E-state index in [2.05, 4.69) is 17.4 Å². The lowest BCUT2D eigenvalue weighted by molar-refractivity contribution is -0.105. The third-order valence-electron chi connectivity index (χ3n) is 3.78. The maximum Gasteiger partial charge on any atom is 0.211 e. The highest BCUT2D eigenvalue weighted by Crippen LogP contribution is 2.29. The molecule has 0 atom stereocenters. The van der Waals surface area contributed by atoms with Gasteiger partial charge in [-0.2, -0.15) is 0 Å². The van der Waals surface area contributed by atoms with Crippen molar-refractivity contribution in [1.82, 2.24) is 0 Å². The zero-order chi connectivity index (χ0) is 16.9. The van der Waals surface area contributed by atoms with Crippen LogP contribution < -0.4 is 5.32 Å². The molecule has 0 saturated heterocycles. The molecule has 0 bridgehead atoms. The lowest BCUT2D eigenvalue weighted by Gasteiger charge is -2.11. The van der Waals surface area contributed by atoms with E-state index in [1.165, 1.54) is 39.2 Å². The van der Waals surface area contributed by atoms with Crippen LogP contribution in [-0.4, -0.2) is 24.3 Å². The van der Waals surface area contributed by atoms with Crippen LogP contribution in [-0.2, 0) is 9.63 Å². The zero-order valence-electron chi connectivity index (χ0n) is 14.2. The minimum absolute atomic E-state index is 0.0262. The van der Waals surface area contributed by atoms with Crippen molar-refractivity contribution in [2.45, 2.75) is 58.3 Å². The second-order valence-corrected chi connectivity index (χ2v) is 5.56. The summed E-state index contributed by atoms with van der Waals surface area (Å²) >= 11 is 0. The van der Waals surface area contributed by atoms with E-state index in [1.807, 2.05) is 0 Å². The molecule has 0 aromatic heterocycles. The van der Waals surface area contributed by atoms with Crippen LogP contribution in [0.25, 0.3) is 0 Å². The van der Waals surface area contributed by atoms with Gasteiger partial charge in [-0.25, -0.2) is 0 Å². The molecule has 5 nitrogen and oxygen atoms in total.